The molecule has 1 unspecified atom stereocenters. The standard InChI is InChI=1S/C24H32N2O2/c27-18-12-23-19-26(22-9-5-2-6-10-22)20-24(28-23)13-16-25(17-14-24)15-11-21-7-3-1-4-8-21/h1-10,23,27H,11-20H2. The molecule has 1 N–H and O–H groups in total. The van der Waals surface area contributed by atoms with Crippen LogP contribution in [0.15, 0.2) is 60.7 Å². The van der Waals surface area contributed by atoms with Gasteiger partial charge in [0, 0.05) is 45.0 Å². The summed E-state index contributed by atoms with van der Waals surface area (Å²) in [5, 5.41) is 9.48. The zero-order valence-corrected chi connectivity index (χ0v) is 16.7. The predicted octanol–water partition coefficient (Wildman–Crippen LogP) is 3.35. The number of para-hydroxylation sites is 1. The molecular formula is C24H32N2O2. The Bertz CT molecular complexity index is 714. The van der Waals surface area contributed by atoms with Crippen molar-refractivity contribution in [1.82, 2.24) is 4.90 Å². The molecule has 0 radical (unpaired) electrons. The number of hydrogen-bond donors (Lipinski definition) is 1. The number of nitrogens with zero attached hydrogens (tertiary/aromatic N) is 2. The van der Waals surface area contributed by atoms with Crippen molar-refractivity contribution in [1.29, 1.82) is 0 Å². The molecule has 2 aromatic carbocycles. The minimum absolute atomic E-state index is 0.0861. The highest BCUT2D eigenvalue weighted by atomic mass is 16.5. The maximum Gasteiger partial charge on any atom is 0.0885 e. The summed E-state index contributed by atoms with van der Waals surface area (Å²) in [5.41, 5.74) is 2.59. The fraction of sp³-hybridized carbons (Fsp3) is 0.500. The first-order valence-electron chi connectivity index (χ1n) is 10.6. The highest BCUT2D eigenvalue weighted by Gasteiger charge is 2.42. The molecule has 1 spiro atoms. The second kappa shape index (κ2) is 9.08. The van der Waals surface area contributed by atoms with Gasteiger partial charge in [-0.05, 0) is 43.4 Å². The minimum Gasteiger partial charge on any atom is -0.396 e. The number of likely N-dealkylation sites (tertiary alicyclic amines) is 1. The number of hydrogen-bond acceptors (Lipinski definition) is 4. The normalized spacial score (nSPS) is 22.5. The van der Waals surface area contributed by atoms with Crippen molar-refractivity contribution >= 4 is 5.69 Å². The molecule has 0 aromatic heterocycles. The second-order valence-electron chi connectivity index (χ2n) is 8.23. The lowest BCUT2D eigenvalue weighted by molar-refractivity contribution is -0.137. The molecule has 150 valence electrons. The average molecular weight is 381 g/mol. The summed E-state index contributed by atoms with van der Waals surface area (Å²) in [7, 11) is 0. The SMILES string of the molecule is OCCC1CN(c2ccccc2)CC2(CCN(CCc3ccccc3)CC2)O1. The summed E-state index contributed by atoms with van der Waals surface area (Å²) >= 11 is 0. The average Bonchev–Trinajstić information content (AvgIpc) is 2.75. The highest BCUT2D eigenvalue weighted by Crippen LogP contribution is 2.35. The number of aliphatic hydroxyl groups excluding tert-OH is 1. The molecule has 28 heavy (non-hydrogen) atoms. The smallest absolute Gasteiger partial charge is 0.0885 e. The Morgan fingerprint density at radius 1 is 0.964 bits per heavy atom. The van der Waals surface area contributed by atoms with Crippen LogP contribution < -0.4 is 4.90 Å². The van der Waals surface area contributed by atoms with Gasteiger partial charge < -0.3 is 19.6 Å². The maximum absolute atomic E-state index is 9.48. The Kier molecular flexibility index (Phi) is 6.30. The fourth-order valence-electron chi connectivity index (χ4n) is 4.61. The Balaban J connectivity index is 1.38. The van der Waals surface area contributed by atoms with Crippen LogP contribution in [0.2, 0.25) is 0 Å². The zero-order valence-electron chi connectivity index (χ0n) is 16.7. The van der Waals surface area contributed by atoms with Crippen molar-refractivity contribution in [2.24, 2.45) is 0 Å². The van der Waals surface area contributed by atoms with Crippen molar-refractivity contribution in [2.75, 3.05) is 44.2 Å². The van der Waals surface area contributed by atoms with E-state index in [-0.39, 0.29) is 18.3 Å². The number of anilines is 1. The van der Waals surface area contributed by atoms with Crippen LogP contribution in [0, 0.1) is 0 Å². The lowest BCUT2D eigenvalue weighted by Gasteiger charge is -2.50. The van der Waals surface area contributed by atoms with Gasteiger partial charge in [0.1, 0.15) is 0 Å². The molecule has 4 heteroatoms. The van der Waals surface area contributed by atoms with Gasteiger partial charge in [-0.2, -0.15) is 0 Å². The molecule has 2 fully saturated rings. The van der Waals surface area contributed by atoms with Crippen LogP contribution >= 0.6 is 0 Å². The quantitative estimate of drug-likeness (QED) is 0.834. The van der Waals surface area contributed by atoms with E-state index in [9.17, 15) is 5.11 Å². The number of rotatable bonds is 6. The minimum atomic E-state index is -0.0861. The summed E-state index contributed by atoms with van der Waals surface area (Å²) in [5.74, 6) is 0. The van der Waals surface area contributed by atoms with E-state index in [2.05, 4.69) is 70.5 Å². The summed E-state index contributed by atoms with van der Waals surface area (Å²) < 4.78 is 6.59. The van der Waals surface area contributed by atoms with E-state index in [1.807, 2.05) is 0 Å². The monoisotopic (exact) mass is 380 g/mol. The molecule has 2 saturated heterocycles. The van der Waals surface area contributed by atoms with E-state index in [0.29, 0.717) is 6.42 Å². The Morgan fingerprint density at radius 2 is 1.64 bits per heavy atom. The summed E-state index contributed by atoms with van der Waals surface area (Å²) in [6.07, 6.45) is 4.05. The number of benzene rings is 2. The molecule has 0 aliphatic carbocycles. The third-order valence-corrected chi connectivity index (χ3v) is 6.22. The molecule has 2 aliphatic rings. The van der Waals surface area contributed by atoms with Crippen molar-refractivity contribution in [3.05, 3.63) is 66.2 Å². The zero-order chi connectivity index (χ0) is 19.2. The molecule has 0 saturated carbocycles. The maximum atomic E-state index is 9.48. The van der Waals surface area contributed by atoms with Gasteiger partial charge >= 0.3 is 0 Å². The van der Waals surface area contributed by atoms with Gasteiger partial charge in [-0.25, -0.2) is 0 Å². The van der Waals surface area contributed by atoms with Gasteiger partial charge in [0.05, 0.1) is 11.7 Å². The van der Waals surface area contributed by atoms with E-state index in [1.165, 1.54) is 11.3 Å². The molecular weight excluding hydrogens is 348 g/mol. The fourth-order valence-corrected chi connectivity index (χ4v) is 4.61. The molecule has 2 aromatic rings. The number of piperidine rings is 1. The second-order valence-corrected chi connectivity index (χ2v) is 8.23. The van der Waals surface area contributed by atoms with Gasteiger partial charge in [0.2, 0.25) is 0 Å². The van der Waals surface area contributed by atoms with Gasteiger partial charge in [0.15, 0.2) is 0 Å². The van der Waals surface area contributed by atoms with Gasteiger partial charge in [-0.3, -0.25) is 0 Å². The van der Waals surface area contributed by atoms with E-state index < -0.39 is 0 Å². The highest BCUT2D eigenvalue weighted by molar-refractivity contribution is 5.47. The van der Waals surface area contributed by atoms with Gasteiger partial charge in [0.25, 0.3) is 0 Å². The van der Waals surface area contributed by atoms with Crippen molar-refractivity contribution in [2.45, 2.75) is 37.4 Å². The summed E-state index contributed by atoms with van der Waals surface area (Å²) in [4.78, 5) is 5.04. The van der Waals surface area contributed by atoms with Crippen LogP contribution in [-0.4, -0.2) is 61.0 Å². The van der Waals surface area contributed by atoms with Crippen LogP contribution in [0.5, 0.6) is 0 Å². The van der Waals surface area contributed by atoms with E-state index in [1.54, 1.807) is 0 Å². The number of aliphatic hydroxyl groups is 1. The third kappa shape index (κ3) is 4.75. The Labute approximate surface area is 168 Å². The van der Waals surface area contributed by atoms with Crippen LogP contribution in [0.1, 0.15) is 24.8 Å². The molecule has 4 rings (SSSR count). The number of morpholine rings is 1. The first-order valence-corrected chi connectivity index (χ1v) is 10.6. The third-order valence-electron chi connectivity index (χ3n) is 6.22. The molecule has 0 amide bonds. The lowest BCUT2D eigenvalue weighted by atomic mass is 9.87. The predicted molar refractivity (Wildman–Crippen MR) is 114 cm³/mol. The van der Waals surface area contributed by atoms with Gasteiger partial charge in [-0.1, -0.05) is 48.5 Å². The summed E-state index contributed by atoms with van der Waals surface area (Å²) in [6.45, 7) is 5.28. The molecule has 1 atom stereocenters. The first kappa shape index (κ1) is 19.4. The van der Waals surface area contributed by atoms with Gasteiger partial charge in [-0.15, -0.1) is 0 Å². The first-order chi connectivity index (χ1) is 13.8. The molecule has 4 nitrogen and oxygen atoms in total. The van der Waals surface area contributed by atoms with Crippen molar-refractivity contribution < 1.29 is 9.84 Å². The van der Waals surface area contributed by atoms with Crippen LogP contribution in [0.25, 0.3) is 0 Å². The van der Waals surface area contributed by atoms with Crippen LogP contribution in [-0.2, 0) is 11.2 Å². The van der Waals surface area contributed by atoms with E-state index in [0.717, 1.165) is 52.0 Å². The molecule has 0 bridgehead atoms. The van der Waals surface area contributed by atoms with Crippen LogP contribution in [0.4, 0.5) is 5.69 Å². The molecule has 2 heterocycles. The van der Waals surface area contributed by atoms with Crippen LogP contribution in [0.3, 0.4) is 0 Å². The van der Waals surface area contributed by atoms with Crippen molar-refractivity contribution in [3.63, 3.8) is 0 Å². The van der Waals surface area contributed by atoms with E-state index >= 15 is 0 Å². The van der Waals surface area contributed by atoms with E-state index in [4.69, 9.17) is 4.74 Å². The number of ether oxygens (including phenoxy) is 1. The van der Waals surface area contributed by atoms with Crippen molar-refractivity contribution in [3.8, 4) is 0 Å². The topological polar surface area (TPSA) is 35.9 Å². The molecule has 2 aliphatic heterocycles. The Morgan fingerprint density at radius 3 is 2.32 bits per heavy atom. The largest absolute Gasteiger partial charge is 0.396 e. The summed E-state index contributed by atoms with van der Waals surface area (Å²) in [6, 6.07) is 21.4. The lowest BCUT2D eigenvalue weighted by Crippen LogP contribution is -2.60. The Hall–Kier alpha value is -1.88.